The molecule has 2 amide bonds. The Balaban J connectivity index is 1.21. The largest absolute Gasteiger partial charge is 0.357 e. The topological polar surface area (TPSA) is 56.4 Å². The quantitative estimate of drug-likeness (QED) is 0.850. The lowest BCUT2D eigenvalue weighted by Crippen LogP contribution is -2.32. The summed E-state index contributed by atoms with van der Waals surface area (Å²) < 4.78 is 0. The fourth-order valence-corrected chi connectivity index (χ4v) is 5.07. The van der Waals surface area contributed by atoms with Crippen LogP contribution in [-0.4, -0.2) is 41.3 Å². The van der Waals surface area contributed by atoms with Crippen molar-refractivity contribution >= 4 is 17.5 Å². The first-order valence-corrected chi connectivity index (χ1v) is 11.0. The Kier molecular flexibility index (Phi) is 4.90. The highest BCUT2D eigenvalue weighted by atomic mass is 16.2. The predicted molar refractivity (Wildman–Crippen MR) is 113 cm³/mol. The van der Waals surface area contributed by atoms with Gasteiger partial charge in [0, 0.05) is 37.9 Å². The first-order chi connectivity index (χ1) is 14.2. The van der Waals surface area contributed by atoms with Crippen LogP contribution in [0.5, 0.6) is 0 Å². The van der Waals surface area contributed by atoms with E-state index in [0.29, 0.717) is 24.0 Å². The zero-order chi connectivity index (χ0) is 19.8. The van der Waals surface area contributed by atoms with Crippen LogP contribution in [0.25, 0.3) is 0 Å². The van der Waals surface area contributed by atoms with E-state index in [9.17, 15) is 9.59 Å². The summed E-state index contributed by atoms with van der Waals surface area (Å²) in [5.74, 6) is 1.99. The number of H-pyrrole nitrogens is 1. The molecule has 1 aliphatic carbocycles. The van der Waals surface area contributed by atoms with E-state index in [1.54, 1.807) is 6.20 Å². The van der Waals surface area contributed by atoms with Gasteiger partial charge >= 0.3 is 0 Å². The minimum atomic E-state index is 0.0931. The van der Waals surface area contributed by atoms with Gasteiger partial charge in [-0.05, 0) is 79.7 Å². The van der Waals surface area contributed by atoms with Crippen LogP contribution in [0.3, 0.4) is 0 Å². The number of carbonyl (C=O) groups is 2. The molecule has 29 heavy (non-hydrogen) atoms. The number of aromatic nitrogens is 1. The number of anilines is 1. The number of carbonyl (C=O) groups excluding carboxylic acids is 2. The highest BCUT2D eigenvalue weighted by Gasteiger charge is 2.36. The van der Waals surface area contributed by atoms with E-state index in [-0.39, 0.29) is 11.8 Å². The smallest absolute Gasteiger partial charge is 0.270 e. The zero-order valence-corrected chi connectivity index (χ0v) is 16.8. The molecule has 0 spiro atoms. The molecule has 2 unspecified atom stereocenters. The molecule has 0 bridgehead atoms. The monoisotopic (exact) mass is 391 g/mol. The molecule has 5 nitrogen and oxygen atoms in total. The molecule has 5 rings (SSSR count). The molecule has 2 saturated heterocycles. The Bertz CT molecular complexity index is 870. The van der Waals surface area contributed by atoms with Crippen LogP contribution in [0.4, 0.5) is 5.69 Å². The average Bonchev–Trinajstić information content (AvgIpc) is 3.39. The van der Waals surface area contributed by atoms with Gasteiger partial charge in [-0.25, -0.2) is 0 Å². The van der Waals surface area contributed by atoms with Crippen molar-refractivity contribution in [3.8, 4) is 0 Å². The molecule has 1 aromatic carbocycles. The minimum absolute atomic E-state index is 0.0931. The van der Waals surface area contributed by atoms with Crippen LogP contribution in [-0.2, 0) is 4.79 Å². The van der Waals surface area contributed by atoms with Crippen molar-refractivity contribution in [2.75, 3.05) is 24.5 Å². The van der Waals surface area contributed by atoms with Gasteiger partial charge in [0.05, 0.1) is 0 Å². The summed E-state index contributed by atoms with van der Waals surface area (Å²) in [5, 5.41) is 0. The summed E-state index contributed by atoms with van der Waals surface area (Å²) in [4.78, 5) is 32.3. The Morgan fingerprint density at radius 1 is 0.966 bits per heavy atom. The number of aromatic amines is 1. The van der Waals surface area contributed by atoms with Crippen LogP contribution >= 0.6 is 0 Å². The molecule has 5 heteroatoms. The van der Waals surface area contributed by atoms with Crippen molar-refractivity contribution < 1.29 is 9.59 Å². The summed E-state index contributed by atoms with van der Waals surface area (Å²) in [5.41, 5.74) is 3.12. The van der Waals surface area contributed by atoms with Crippen LogP contribution < -0.4 is 4.90 Å². The Morgan fingerprint density at radius 2 is 1.79 bits per heavy atom. The number of amides is 2. The Morgan fingerprint density at radius 3 is 2.52 bits per heavy atom. The lowest BCUT2D eigenvalue weighted by molar-refractivity contribution is -0.117. The van der Waals surface area contributed by atoms with Gasteiger partial charge < -0.3 is 14.8 Å². The molecule has 3 fully saturated rings. The normalized spacial score (nSPS) is 25.3. The molecule has 1 saturated carbocycles. The highest BCUT2D eigenvalue weighted by molar-refractivity contribution is 5.95. The number of nitrogens with zero attached hydrogens (tertiary/aromatic N) is 2. The fourth-order valence-electron chi connectivity index (χ4n) is 5.07. The highest BCUT2D eigenvalue weighted by Crippen LogP contribution is 2.41. The molecule has 2 aromatic rings. The van der Waals surface area contributed by atoms with Crippen molar-refractivity contribution in [3.63, 3.8) is 0 Å². The third-order valence-corrected chi connectivity index (χ3v) is 6.96. The molecule has 2 aliphatic heterocycles. The molecule has 2 atom stereocenters. The predicted octanol–water partition coefficient (Wildman–Crippen LogP) is 4.19. The molecule has 3 heterocycles. The number of benzene rings is 1. The van der Waals surface area contributed by atoms with E-state index < -0.39 is 0 Å². The molecule has 1 N–H and O–H groups in total. The van der Waals surface area contributed by atoms with E-state index in [4.69, 9.17) is 0 Å². The van der Waals surface area contributed by atoms with Gasteiger partial charge in [-0.2, -0.15) is 0 Å². The molecule has 0 radical (unpaired) electrons. The van der Waals surface area contributed by atoms with Crippen molar-refractivity contribution in [3.05, 3.63) is 53.9 Å². The fraction of sp³-hybridized carbons (Fsp3) is 0.500. The van der Waals surface area contributed by atoms with E-state index in [1.807, 2.05) is 21.9 Å². The first kappa shape index (κ1) is 18.5. The maximum atomic E-state index is 12.7. The molecular weight excluding hydrogens is 362 g/mol. The third kappa shape index (κ3) is 3.83. The van der Waals surface area contributed by atoms with Gasteiger partial charge in [-0.15, -0.1) is 0 Å². The SMILES string of the molecule is O=C(c1ccc[nH]1)N1CCCC(C2CC(=O)N(c3ccc(C4CC4)cc3)C2)CC1. The van der Waals surface area contributed by atoms with Gasteiger partial charge in [0.2, 0.25) is 5.91 Å². The lowest BCUT2D eigenvalue weighted by Gasteiger charge is -2.23. The lowest BCUT2D eigenvalue weighted by atomic mass is 9.86. The van der Waals surface area contributed by atoms with Crippen LogP contribution in [0.2, 0.25) is 0 Å². The number of nitrogens with one attached hydrogen (secondary N) is 1. The Labute approximate surface area is 172 Å². The standard InChI is InChI=1S/C24H29N3O2/c28-23-15-20(16-27(23)21-9-7-19(8-10-21)18-5-6-18)17-3-2-13-26(14-11-17)24(29)22-4-1-12-25-22/h1,4,7-10,12,17-18,20,25H,2-3,5-6,11,13-16H2. The van der Waals surface area contributed by atoms with Gasteiger partial charge in [-0.3, -0.25) is 9.59 Å². The first-order valence-electron chi connectivity index (χ1n) is 11.0. The van der Waals surface area contributed by atoms with E-state index in [0.717, 1.165) is 50.5 Å². The zero-order valence-electron chi connectivity index (χ0n) is 16.8. The van der Waals surface area contributed by atoms with Gasteiger partial charge in [0.25, 0.3) is 5.91 Å². The average molecular weight is 392 g/mol. The molecule has 152 valence electrons. The second kappa shape index (κ2) is 7.69. The second-order valence-corrected chi connectivity index (χ2v) is 8.90. The van der Waals surface area contributed by atoms with Crippen LogP contribution in [0.1, 0.15) is 60.5 Å². The minimum Gasteiger partial charge on any atom is -0.357 e. The molecule has 3 aliphatic rings. The van der Waals surface area contributed by atoms with E-state index in [2.05, 4.69) is 29.2 Å². The van der Waals surface area contributed by atoms with Gasteiger partial charge in [0.1, 0.15) is 5.69 Å². The third-order valence-electron chi connectivity index (χ3n) is 6.96. The van der Waals surface area contributed by atoms with Crippen molar-refractivity contribution in [2.24, 2.45) is 11.8 Å². The Hall–Kier alpha value is -2.56. The maximum Gasteiger partial charge on any atom is 0.270 e. The summed E-state index contributed by atoms with van der Waals surface area (Å²) in [6, 6.07) is 12.3. The summed E-state index contributed by atoms with van der Waals surface area (Å²) in [6.45, 7) is 2.40. The summed E-state index contributed by atoms with van der Waals surface area (Å²) >= 11 is 0. The van der Waals surface area contributed by atoms with Crippen LogP contribution in [0.15, 0.2) is 42.6 Å². The van der Waals surface area contributed by atoms with Crippen molar-refractivity contribution in [1.82, 2.24) is 9.88 Å². The second-order valence-electron chi connectivity index (χ2n) is 8.90. The van der Waals surface area contributed by atoms with Crippen LogP contribution in [0, 0.1) is 11.8 Å². The van der Waals surface area contributed by atoms with E-state index >= 15 is 0 Å². The number of hydrogen-bond acceptors (Lipinski definition) is 2. The van der Waals surface area contributed by atoms with E-state index in [1.165, 1.54) is 18.4 Å². The molecule has 1 aromatic heterocycles. The summed E-state index contributed by atoms with van der Waals surface area (Å²) in [7, 11) is 0. The number of likely N-dealkylation sites (tertiary alicyclic amines) is 1. The van der Waals surface area contributed by atoms with Gasteiger partial charge in [0.15, 0.2) is 0 Å². The van der Waals surface area contributed by atoms with Crippen molar-refractivity contribution in [1.29, 1.82) is 0 Å². The van der Waals surface area contributed by atoms with Gasteiger partial charge in [-0.1, -0.05) is 12.1 Å². The summed E-state index contributed by atoms with van der Waals surface area (Å²) in [6.07, 6.45) is 8.13. The maximum absolute atomic E-state index is 12.7. The van der Waals surface area contributed by atoms with Crippen molar-refractivity contribution in [2.45, 2.75) is 44.4 Å². The molecular formula is C24H29N3O2. The number of hydrogen-bond donors (Lipinski definition) is 1. The number of rotatable bonds is 4.